The molecule has 7 heteroatoms. The summed E-state index contributed by atoms with van der Waals surface area (Å²) in [5, 5.41) is 0. The molecule has 0 N–H and O–H groups in total. The molecule has 0 aromatic heterocycles. The molecule has 2 aliphatic rings. The predicted molar refractivity (Wildman–Crippen MR) is 86.0 cm³/mol. The number of esters is 1. The monoisotopic (exact) mass is 353 g/mol. The minimum absolute atomic E-state index is 0.0296. The van der Waals surface area contributed by atoms with E-state index in [9.17, 15) is 18.0 Å². The summed E-state index contributed by atoms with van der Waals surface area (Å²) in [6.45, 7) is 0.0296. The second-order valence-corrected chi connectivity index (χ2v) is 6.14. The van der Waals surface area contributed by atoms with Crippen molar-refractivity contribution in [2.75, 3.05) is 27.8 Å². The molecule has 1 aliphatic heterocycles. The summed E-state index contributed by atoms with van der Waals surface area (Å²) in [5.41, 5.74) is 0.579. The highest BCUT2D eigenvalue weighted by Crippen LogP contribution is 2.50. The van der Waals surface area contributed by atoms with Crippen LogP contribution >= 0.6 is 0 Å². The molecule has 25 heavy (non-hydrogen) atoms. The number of fused-ring (bicyclic) bond motifs is 1. The fraction of sp³-hybridized carbons (Fsp3) is 0.389. The molecule has 0 bridgehead atoms. The number of ether oxygens (including phenoxy) is 2. The van der Waals surface area contributed by atoms with Gasteiger partial charge in [-0.25, -0.2) is 4.79 Å². The average molecular weight is 353 g/mol. The number of hydrogen-bond donors (Lipinski definition) is 0. The highest BCUT2D eigenvalue weighted by atomic mass is 19.4. The van der Waals surface area contributed by atoms with Crippen LogP contribution in [0.15, 0.2) is 41.5 Å². The van der Waals surface area contributed by atoms with Crippen LogP contribution in [0.25, 0.3) is 5.57 Å². The Morgan fingerprint density at radius 2 is 1.80 bits per heavy atom. The summed E-state index contributed by atoms with van der Waals surface area (Å²) in [4.78, 5) is 13.0. The van der Waals surface area contributed by atoms with Gasteiger partial charge in [0.1, 0.15) is 5.75 Å². The molecule has 3 rings (SSSR count). The van der Waals surface area contributed by atoms with E-state index < -0.39 is 17.7 Å². The zero-order valence-electron chi connectivity index (χ0n) is 14.1. The van der Waals surface area contributed by atoms with Crippen LogP contribution in [-0.4, -0.2) is 50.4 Å². The van der Waals surface area contributed by atoms with E-state index in [0.29, 0.717) is 17.7 Å². The number of rotatable bonds is 3. The second kappa shape index (κ2) is 5.91. The SMILES string of the molecule is COC(=O)C1(C(F)(F)F)C=C2CC(c3ccc(OC)cc3)=C2CN1C. The fourth-order valence-electron chi connectivity index (χ4n) is 3.40. The molecule has 1 aromatic rings. The van der Waals surface area contributed by atoms with Gasteiger partial charge in [-0.1, -0.05) is 12.1 Å². The Hall–Kier alpha value is -2.28. The average Bonchev–Trinajstić information content (AvgIpc) is 2.57. The number of hydrogen-bond acceptors (Lipinski definition) is 4. The molecule has 1 aliphatic carbocycles. The number of allylic oxidation sites excluding steroid dienone is 1. The lowest BCUT2D eigenvalue weighted by Gasteiger charge is -2.46. The molecule has 4 nitrogen and oxygen atoms in total. The first-order valence-electron chi connectivity index (χ1n) is 7.69. The van der Waals surface area contributed by atoms with Gasteiger partial charge in [-0.3, -0.25) is 4.90 Å². The maximum atomic E-state index is 13.7. The van der Waals surface area contributed by atoms with Crippen LogP contribution in [0.1, 0.15) is 12.0 Å². The number of nitrogens with zero attached hydrogens (tertiary/aromatic N) is 1. The molecule has 0 saturated carbocycles. The highest BCUT2D eigenvalue weighted by molar-refractivity contribution is 5.90. The lowest BCUT2D eigenvalue weighted by molar-refractivity contribution is -0.222. The second-order valence-electron chi connectivity index (χ2n) is 6.14. The lowest BCUT2D eigenvalue weighted by atomic mass is 9.73. The van der Waals surface area contributed by atoms with Crippen molar-refractivity contribution < 1.29 is 27.4 Å². The topological polar surface area (TPSA) is 38.8 Å². The number of alkyl halides is 3. The number of benzene rings is 1. The normalized spacial score (nSPS) is 23.5. The third-order valence-electron chi connectivity index (χ3n) is 4.87. The van der Waals surface area contributed by atoms with Crippen LogP contribution in [0.2, 0.25) is 0 Å². The van der Waals surface area contributed by atoms with Crippen molar-refractivity contribution in [3.63, 3.8) is 0 Å². The number of halogens is 3. The minimum atomic E-state index is -4.76. The van der Waals surface area contributed by atoms with Crippen molar-refractivity contribution in [1.29, 1.82) is 0 Å². The van der Waals surface area contributed by atoms with Crippen LogP contribution in [0.3, 0.4) is 0 Å². The van der Waals surface area contributed by atoms with Gasteiger partial charge in [0, 0.05) is 6.54 Å². The highest BCUT2D eigenvalue weighted by Gasteiger charge is 2.64. The van der Waals surface area contributed by atoms with Crippen LogP contribution in [-0.2, 0) is 9.53 Å². The van der Waals surface area contributed by atoms with Crippen molar-refractivity contribution in [3.05, 3.63) is 47.1 Å². The summed E-state index contributed by atoms with van der Waals surface area (Å²) >= 11 is 0. The van der Waals surface area contributed by atoms with Gasteiger partial charge in [-0.05, 0) is 54.0 Å². The molecule has 1 atom stereocenters. The van der Waals surface area contributed by atoms with Crippen LogP contribution in [0.5, 0.6) is 5.75 Å². The van der Waals surface area contributed by atoms with E-state index in [4.69, 9.17) is 4.74 Å². The Morgan fingerprint density at radius 1 is 1.16 bits per heavy atom. The molecular formula is C18H18F3NO3. The molecule has 0 spiro atoms. The number of carbonyl (C=O) groups is 1. The van der Waals surface area contributed by atoms with Gasteiger partial charge in [0.2, 0.25) is 5.54 Å². The Kier molecular flexibility index (Phi) is 4.15. The van der Waals surface area contributed by atoms with Crippen LogP contribution in [0, 0.1) is 0 Å². The van der Waals surface area contributed by atoms with Crippen molar-refractivity contribution in [2.24, 2.45) is 0 Å². The van der Waals surface area contributed by atoms with Gasteiger partial charge in [0.15, 0.2) is 0 Å². The molecular weight excluding hydrogens is 335 g/mol. The summed E-state index contributed by atoms with van der Waals surface area (Å²) in [7, 11) is 3.83. The van der Waals surface area contributed by atoms with E-state index in [0.717, 1.165) is 34.8 Å². The molecule has 1 heterocycles. The largest absolute Gasteiger partial charge is 0.497 e. The Labute approximate surface area is 143 Å². The quantitative estimate of drug-likeness (QED) is 0.783. The van der Waals surface area contributed by atoms with Gasteiger partial charge in [-0.2, -0.15) is 13.2 Å². The third kappa shape index (κ3) is 2.54. The third-order valence-corrected chi connectivity index (χ3v) is 4.87. The maximum Gasteiger partial charge on any atom is 0.421 e. The van der Waals surface area contributed by atoms with E-state index in [1.165, 1.54) is 7.05 Å². The zero-order valence-corrected chi connectivity index (χ0v) is 14.1. The molecule has 0 fully saturated rings. The van der Waals surface area contributed by atoms with Gasteiger partial charge < -0.3 is 9.47 Å². The standard InChI is InChI=1S/C18H18F3NO3/c1-22-10-15-12(9-17(22,16(23)25-3)18(19,20)21)8-14(15)11-4-6-13(24-2)7-5-11/h4-7,9H,8,10H2,1-3H3. The fourth-order valence-corrected chi connectivity index (χ4v) is 3.40. The number of methoxy groups -OCH3 is 2. The molecule has 1 aromatic carbocycles. The van der Waals surface area contributed by atoms with Gasteiger partial charge in [-0.15, -0.1) is 0 Å². The summed E-state index contributed by atoms with van der Waals surface area (Å²) in [5.74, 6) is -0.598. The van der Waals surface area contributed by atoms with Crippen molar-refractivity contribution >= 4 is 11.5 Å². The van der Waals surface area contributed by atoms with Crippen molar-refractivity contribution in [3.8, 4) is 5.75 Å². The number of carbonyl (C=O) groups excluding carboxylic acids is 1. The first kappa shape index (κ1) is 17.5. The van der Waals surface area contributed by atoms with Crippen LogP contribution in [0.4, 0.5) is 13.2 Å². The lowest BCUT2D eigenvalue weighted by Crippen LogP contribution is -2.64. The predicted octanol–water partition coefficient (Wildman–Crippen LogP) is 3.20. The van der Waals surface area contributed by atoms with Crippen molar-refractivity contribution in [1.82, 2.24) is 4.90 Å². The van der Waals surface area contributed by atoms with E-state index >= 15 is 0 Å². The van der Waals surface area contributed by atoms with E-state index in [-0.39, 0.29) is 6.54 Å². The smallest absolute Gasteiger partial charge is 0.421 e. The zero-order chi connectivity index (χ0) is 18.4. The Balaban J connectivity index is 2.03. The molecule has 1 unspecified atom stereocenters. The van der Waals surface area contributed by atoms with Crippen LogP contribution < -0.4 is 4.74 Å². The van der Waals surface area contributed by atoms with Crippen molar-refractivity contribution in [2.45, 2.75) is 18.1 Å². The van der Waals surface area contributed by atoms with E-state index in [2.05, 4.69) is 4.74 Å². The van der Waals surface area contributed by atoms with E-state index in [1.54, 1.807) is 7.11 Å². The maximum absolute atomic E-state index is 13.7. The first-order chi connectivity index (χ1) is 11.7. The van der Waals surface area contributed by atoms with Gasteiger partial charge >= 0.3 is 12.1 Å². The van der Waals surface area contributed by atoms with Gasteiger partial charge in [0.05, 0.1) is 14.2 Å². The molecule has 0 amide bonds. The Bertz CT molecular complexity index is 765. The Morgan fingerprint density at radius 3 is 2.32 bits per heavy atom. The molecule has 0 saturated heterocycles. The summed E-state index contributed by atoms with van der Waals surface area (Å²) in [6, 6.07) is 7.38. The van der Waals surface area contributed by atoms with E-state index in [1.807, 2.05) is 24.3 Å². The minimum Gasteiger partial charge on any atom is -0.497 e. The summed E-state index contributed by atoms with van der Waals surface area (Å²) in [6.07, 6.45) is -3.36. The molecule has 0 radical (unpaired) electrons. The molecule has 134 valence electrons. The first-order valence-corrected chi connectivity index (χ1v) is 7.69. The summed E-state index contributed by atoms with van der Waals surface area (Å²) < 4.78 is 50.7. The number of likely N-dealkylation sites (N-methyl/N-ethyl adjacent to an activating group) is 1. The van der Waals surface area contributed by atoms with Gasteiger partial charge in [0.25, 0.3) is 0 Å².